The van der Waals surface area contributed by atoms with Crippen molar-refractivity contribution in [1.29, 1.82) is 0 Å². The van der Waals surface area contributed by atoms with Gasteiger partial charge in [-0.2, -0.15) is 0 Å². The van der Waals surface area contributed by atoms with Gasteiger partial charge in [-0.1, -0.05) is 92.1 Å². The molecule has 2 nitrogen and oxygen atoms in total. The average molecular weight is 480 g/mol. The van der Waals surface area contributed by atoms with Crippen molar-refractivity contribution in [2.75, 3.05) is 0 Å². The molecule has 0 bridgehead atoms. The Morgan fingerprint density at radius 3 is 2.08 bits per heavy atom. The predicted octanol–water partition coefficient (Wildman–Crippen LogP) is 10.0. The van der Waals surface area contributed by atoms with E-state index in [1.165, 1.54) is 48.8 Å². The minimum Gasteiger partial charge on any atom is -0.455 e. The van der Waals surface area contributed by atoms with Gasteiger partial charge < -0.3 is 4.42 Å². The fraction of sp³-hybridized carbons (Fsp3) is 0.171. The van der Waals surface area contributed by atoms with Crippen LogP contribution in [0.1, 0.15) is 43.6 Å². The maximum Gasteiger partial charge on any atom is 0.144 e. The number of para-hydroxylation sites is 1. The van der Waals surface area contributed by atoms with Gasteiger partial charge in [-0.3, -0.25) is 4.98 Å². The van der Waals surface area contributed by atoms with E-state index in [-0.39, 0.29) is 0 Å². The van der Waals surface area contributed by atoms with Crippen molar-refractivity contribution in [2.24, 2.45) is 0 Å². The van der Waals surface area contributed by atoms with Gasteiger partial charge in [0.05, 0.1) is 5.69 Å². The first kappa shape index (κ1) is 22.1. The SMILES string of the molecule is c1ccc(-c2cc(-c3ccccc3)c3oc4c(-c5cc(C6CCCCC6)ccn5)cccc4c3c2)cc1. The Morgan fingerprint density at radius 1 is 0.568 bits per heavy atom. The van der Waals surface area contributed by atoms with E-state index in [4.69, 9.17) is 9.40 Å². The highest BCUT2D eigenvalue weighted by atomic mass is 16.3. The fourth-order valence-corrected chi connectivity index (χ4v) is 6.02. The Bertz CT molecular complexity index is 1690. The molecular formula is C35H29NO. The largest absolute Gasteiger partial charge is 0.455 e. The number of hydrogen-bond acceptors (Lipinski definition) is 2. The van der Waals surface area contributed by atoms with Gasteiger partial charge in [0, 0.05) is 28.1 Å². The van der Waals surface area contributed by atoms with Crippen molar-refractivity contribution in [2.45, 2.75) is 38.0 Å². The summed E-state index contributed by atoms with van der Waals surface area (Å²) in [7, 11) is 0. The molecule has 2 heteroatoms. The Hall–Kier alpha value is -4.17. The minimum absolute atomic E-state index is 0.642. The van der Waals surface area contributed by atoms with Gasteiger partial charge in [0.1, 0.15) is 11.2 Å². The molecule has 0 radical (unpaired) electrons. The van der Waals surface area contributed by atoms with Crippen LogP contribution < -0.4 is 0 Å². The number of fused-ring (bicyclic) bond motifs is 3. The number of furan rings is 1. The van der Waals surface area contributed by atoms with Crippen LogP contribution in [0.2, 0.25) is 0 Å². The monoisotopic (exact) mass is 479 g/mol. The lowest BCUT2D eigenvalue weighted by molar-refractivity contribution is 0.443. The summed E-state index contributed by atoms with van der Waals surface area (Å²) in [6.07, 6.45) is 8.55. The average Bonchev–Trinajstić information content (AvgIpc) is 3.37. The zero-order valence-electron chi connectivity index (χ0n) is 20.9. The van der Waals surface area contributed by atoms with Crippen molar-refractivity contribution >= 4 is 21.9 Å². The van der Waals surface area contributed by atoms with Crippen LogP contribution in [0.25, 0.3) is 55.4 Å². The lowest BCUT2D eigenvalue weighted by Gasteiger charge is -2.22. The molecule has 7 rings (SSSR count). The third-order valence-corrected chi connectivity index (χ3v) is 7.93. The topological polar surface area (TPSA) is 26.0 Å². The molecule has 0 aliphatic heterocycles. The molecular weight excluding hydrogens is 450 g/mol. The first-order valence-corrected chi connectivity index (χ1v) is 13.4. The lowest BCUT2D eigenvalue weighted by atomic mass is 9.84. The molecule has 0 saturated heterocycles. The number of pyridine rings is 1. The van der Waals surface area contributed by atoms with Gasteiger partial charge >= 0.3 is 0 Å². The summed E-state index contributed by atoms with van der Waals surface area (Å²) in [5.41, 5.74) is 9.97. The Labute approximate surface area is 217 Å². The van der Waals surface area contributed by atoms with Crippen LogP contribution in [-0.2, 0) is 0 Å². The number of aromatic nitrogens is 1. The quantitative estimate of drug-likeness (QED) is 0.251. The fourth-order valence-electron chi connectivity index (χ4n) is 6.02. The number of rotatable bonds is 4. The van der Waals surface area contributed by atoms with E-state index in [0.717, 1.165) is 44.3 Å². The van der Waals surface area contributed by atoms with E-state index in [1.54, 1.807) is 0 Å². The summed E-state index contributed by atoms with van der Waals surface area (Å²) in [5.74, 6) is 0.642. The first-order valence-electron chi connectivity index (χ1n) is 13.4. The Balaban J connectivity index is 1.45. The highest BCUT2D eigenvalue weighted by Gasteiger charge is 2.20. The molecule has 1 aliphatic rings. The lowest BCUT2D eigenvalue weighted by Crippen LogP contribution is -2.04. The minimum atomic E-state index is 0.642. The summed E-state index contributed by atoms with van der Waals surface area (Å²) in [6.45, 7) is 0. The standard InChI is InChI=1S/C35H29NO/c1-4-11-24(12-5-1)27-19-20-36-33(23-27)30-18-10-17-29-32-22-28(25-13-6-2-7-14-25)21-31(35(32)37-34(29)30)26-15-8-3-9-16-26/h2-3,6-10,13-24H,1,4-5,11-12H2. The van der Waals surface area contributed by atoms with E-state index >= 15 is 0 Å². The molecule has 6 aromatic rings. The van der Waals surface area contributed by atoms with Crippen molar-refractivity contribution < 1.29 is 4.42 Å². The zero-order chi connectivity index (χ0) is 24.6. The number of benzene rings is 4. The Morgan fingerprint density at radius 2 is 1.30 bits per heavy atom. The van der Waals surface area contributed by atoms with Crippen LogP contribution in [0.4, 0.5) is 0 Å². The van der Waals surface area contributed by atoms with Crippen LogP contribution in [0.15, 0.2) is 114 Å². The van der Waals surface area contributed by atoms with Crippen molar-refractivity contribution in [3.05, 3.63) is 115 Å². The van der Waals surface area contributed by atoms with Gasteiger partial charge in [0.2, 0.25) is 0 Å². The highest BCUT2D eigenvalue weighted by molar-refractivity contribution is 6.14. The zero-order valence-corrected chi connectivity index (χ0v) is 20.9. The molecule has 2 heterocycles. The van der Waals surface area contributed by atoms with E-state index in [9.17, 15) is 0 Å². The van der Waals surface area contributed by atoms with E-state index < -0.39 is 0 Å². The predicted molar refractivity (Wildman–Crippen MR) is 154 cm³/mol. The molecule has 0 amide bonds. The molecule has 2 aromatic heterocycles. The molecule has 0 spiro atoms. The van der Waals surface area contributed by atoms with Crippen molar-refractivity contribution in [3.8, 4) is 33.5 Å². The maximum atomic E-state index is 6.76. The third kappa shape index (κ3) is 4.03. The van der Waals surface area contributed by atoms with Crippen molar-refractivity contribution in [3.63, 3.8) is 0 Å². The van der Waals surface area contributed by atoms with Gasteiger partial charge in [-0.15, -0.1) is 0 Å². The van der Waals surface area contributed by atoms with Crippen LogP contribution in [0.5, 0.6) is 0 Å². The third-order valence-electron chi connectivity index (χ3n) is 7.93. The second-order valence-corrected chi connectivity index (χ2v) is 10.2. The van der Waals surface area contributed by atoms with Gasteiger partial charge in [-0.25, -0.2) is 0 Å². The molecule has 0 atom stereocenters. The summed E-state index contributed by atoms with van der Waals surface area (Å²) < 4.78 is 6.76. The second kappa shape index (κ2) is 9.37. The molecule has 1 fully saturated rings. The van der Waals surface area contributed by atoms with Gasteiger partial charge in [-0.05, 0) is 71.3 Å². The van der Waals surface area contributed by atoms with Crippen molar-refractivity contribution in [1.82, 2.24) is 4.98 Å². The van der Waals surface area contributed by atoms with E-state index in [2.05, 4.69) is 103 Å². The van der Waals surface area contributed by atoms with E-state index in [1.807, 2.05) is 6.20 Å². The van der Waals surface area contributed by atoms with Gasteiger partial charge in [0.25, 0.3) is 0 Å². The highest BCUT2D eigenvalue weighted by Crippen LogP contribution is 2.42. The van der Waals surface area contributed by atoms with Crippen LogP contribution in [0, 0.1) is 0 Å². The smallest absolute Gasteiger partial charge is 0.144 e. The molecule has 0 N–H and O–H groups in total. The molecule has 4 aromatic carbocycles. The molecule has 1 saturated carbocycles. The molecule has 0 unspecified atom stereocenters. The Kier molecular flexibility index (Phi) is 5.59. The van der Waals surface area contributed by atoms with Crippen LogP contribution in [-0.4, -0.2) is 4.98 Å². The first-order chi connectivity index (χ1) is 18.3. The molecule has 37 heavy (non-hydrogen) atoms. The van der Waals surface area contributed by atoms with Crippen LogP contribution >= 0.6 is 0 Å². The van der Waals surface area contributed by atoms with Crippen LogP contribution in [0.3, 0.4) is 0 Å². The van der Waals surface area contributed by atoms with Gasteiger partial charge in [0.15, 0.2) is 0 Å². The molecule has 180 valence electrons. The summed E-state index contributed by atoms with van der Waals surface area (Å²) in [5, 5.41) is 2.27. The second-order valence-electron chi connectivity index (χ2n) is 10.2. The summed E-state index contributed by atoms with van der Waals surface area (Å²) in [4.78, 5) is 4.81. The summed E-state index contributed by atoms with van der Waals surface area (Å²) in [6, 6.07) is 36.7. The maximum absolute atomic E-state index is 6.76. The number of nitrogens with zero attached hydrogens (tertiary/aromatic N) is 1. The molecule has 1 aliphatic carbocycles. The summed E-state index contributed by atoms with van der Waals surface area (Å²) >= 11 is 0. The number of hydrogen-bond donors (Lipinski definition) is 0. The van der Waals surface area contributed by atoms with E-state index in [0.29, 0.717) is 5.92 Å². The normalized spacial score (nSPS) is 14.4.